The highest BCUT2D eigenvalue weighted by atomic mass is 32.2. The Bertz CT molecular complexity index is 945. The molecular formula is C20H28BNO6S. The summed E-state index contributed by atoms with van der Waals surface area (Å²) < 4.78 is 25.8. The summed E-state index contributed by atoms with van der Waals surface area (Å²) in [6.07, 6.45) is -0.936. The maximum atomic E-state index is 12.9. The summed E-state index contributed by atoms with van der Waals surface area (Å²) in [7, 11) is -5.65. The fourth-order valence-electron chi connectivity index (χ4n) is 3.18. The van der Waals surface area contributed by atoms with Crippen molar-refractivity contribution >= 4 is 33.6 Å². The third-order valence-corrected chi connectivity index (χ3v) is 6.58. The summed E-state index contributed by atoms with van der Waals surface area (Å²) in [5.74, 6) is -3.45. The first-order valence-electron chi connectivity index (χ1n) is 9.57. The van der Waals surface area contributed by atoms with Crippen LogP contribution in [0.1, 0.15) is 27.2 Å². The lowest BCUT2D eigenvalue weighted by Crippen LogP contribution is -2.51. The molecule has 0 fully saturated rings. The van der Waals surface area contributed by atoms with Crippen molar-refractivity contribution in [1.29, 1.82) is 0 Å². The van der Waals surface area contributed by atoms with Gasteiger partial charge in [0.05, 0.1) is 28.6 Å². The Morgan fingerprint density at radius 3 is 2.24 bits per heavy atom. The van der Waals surface area contributed by atoms with Crippen LogP contribution in [-0.4, -0.2) is 54.4 Å². The number of rotatable bonds is 9. The molecule has 0 radical (unpaired) electrons. The van der Waals surface area contributed by atoms with Crippen molar-refractivity contribution in [3.8, 4) is 0 Å². The van der Waals surface area contributed by atoms with Crippen molar-refractivity contribution < 1.29 is 28.4 Å². The SMILES string of the molecule is CC(C)C[C@H](NC(=O)[C@@H](CS(=O)(=O)c1ccc2ccccc2c1)[C@@H](C)O)B(O)O. The summed E-state index contributed by atoms with van der Waals surface area (Å²) >= 11 is 0. The van der Waals surface area contributed by atoms with Gasteiger partial charge in [-0.2, -0.15) is 0 Å². The Hall–Kier alpha value is -1.94. The first-order valence-corrected chi connectivity index (χ1v) is 11.2. The van der Waals surface area contributed by atoms with Crippen molar-refractivity contribution in [2.24, 2.45) is 11.8 Å². The van der Waals surface area contributed by atoms with Crippen LogP contribution < -0.4 is 5.32 Å². The van der Waals surface area contributed by atoms with Gasteiger partial charge in [0.25, 0.3) is 0 Å². The lowest BCUT2D eigenvalue weighted by Gasteiger charge is -2.25. The summed E-state index contributed by atoms with van der Waals surface area (Å²) in [6, 6.07) is 12.0. The quantitative estimate of drug-likeness (QED) is 0.451. The normalized spacial score (nSPS) is 15.1. The van der Waals surface area contributed by atoms with Crippen LogP contribution in [0.4, 0.5) is 0 Å². The lowest BCUT2D eigenvalue weighted by molar-refractivity contribution is -0.127. The van der Waals surface area contributed by atoms with Gasteiger partial charge in [0.2, 0.25) is 5.91 Å². The molecule has 0 saturated carbocycles. The van der Waals surface area contributed by atoms with Crippen LogP contribution in [-0.2, 0) is 14.6 Å². The number of carbonyl (C=O) groups excluding carboxylic acids is 1. The number of benzene rings is 2. The molecule has 29 heavy (non-hydrogen) atoms. The Labute approximate surface area is 171 Å². The maximum Gasteiger partial charge on any atom is 0.475 e. The van der Waals surface area contributed by atoms with E-state index in [0.29, 0.717) is 6.42 Å². The molecule has 0 aliphatic heterocycles. The number of carbonyl (C=O) groups is 1. The zero-order chi connectivity index (χ0) is 21.8. The molecule has 0 aliphatic rings. The molecule has 0 spiro atoms. The van der Waals surface area contributed by atoms with Crippen LogP contribution in [0.15, 0.2) is 47.4 Å². The lowest BCUT2D eigenvalue weighted by atomic mass is 9.74. The highest BCUT2D eigenvalue weighted by Gasteiger charge is 2.34. The van der Waals surface area contributed by atoms with E-state index in [9.17, 15) is 28.4 Å². The Kier molecular flexibility index (Phi) is 7.82. The van der Waals surface area contributed by atoms with Crippen LogP contribution in [0.3, 0.4) is 0 Å². The molecule has 2 aromatic rings. The van der Waals surface area contributed by atoms with Crippen molar-refractivity contribution in [2.75, 3.05) is 5.75 Å². The van der Waals surface area contributed by atoms with Crippen molar-refractivity contribution in [2.45, 2.75) is 44.1 Å². The van der Waals surface area contributed by atoms with Gasteiger partial charge < -0.3 is 20.5 Å². The van der Waals surface area contributed by atoms with Gasteiger partial charge in [0, 0.05) is 0 Å². The fourth-order valence-corrected chi connectivity index (χ4v) is 4.86. The topological polar surface area (TPSA) is 124 Å². The molecule has 0 aromatic heterocycles. The summed E-state index contributed by atoms with van der Waals surface area (Å²) in [4.78, 5) is 12.7. The largest absolute Gasteiger partial charge is 0.475 e. The van der Waals surface area contributed by atoms with Gasteiger partial charge >= 0.3 is 7.12 Å². The Balaban J connectivity index is 2.24. The second-order valence-corrected chi connectivity index (χ2v) is 9.83. The predicted octanol–water partition coefficient (Wildman–Crippen LogP) is 1.15. The predicted molar refractivity (Wildman–Crippen MR) is 113 cm³/mol. The number of hydrogen-bond donors (Lipinski definition) is 4. The molecule has 3 atom stereocenters. The molecule has 2 rings (SSSR count). The molecule has 4 N–H and O–H groups in total. The van der Waals surface area contributed by atoms with Crippen molar-refractivity contribution in [3.05, 3.63) is 42.5 Å². The van der Waals surface area contributed by atoms with Crippen LogP contribution in [0.5, 0.6) is 0 Å². The molecule has 2 aromatic carbocycles. The molecule has 1 amide bonds. The highest BCUT2D eigenvalue weighted by Crippen LogP contribution is 2.22. The third kappa shape index (κ3) is 6.27. The monoisotopic (exact) mass is 421 g/mol. The van der Waals surface area contributed by atoms with Crippen LogP contribution in [0.25, 0.3) is 10.8 Å². The number of aliphatic hydroxyl groups excluding tert-OH is 1. The summed E-state index contributed by atoms with van der Waals surface area (Å²) in [5, 5.41) is 33.2. The van der Waals surface area contributed by atoms with Gasteiger partial charge in [-0.25, -0.2) is 8.42 Å². The molecule has 0 heterocycles. The van der Waals surface area contributed by atoms with Gasteiger partial charge in [-0.05, 0) is 42.2 Å². The Morgan fingerprint density at radius 2 is 1.69 bits per heavy atom. The minimum atomic E-state index is -3.87. The van der Waals surface area contributed by atoms with Gasteiger partial charge in [0.1, 0.15) is 0 Å². The average Bonchev–Trinajstić information content (AvgIpc) is 2.64. The van der Waals surface area contributed by atoms with E-state index in [1.54, 1.807) is 24.3 Å². The summed E-state index contributed by atoms with van der Waals surface area (Å²) in [5.41, 5.74) is 0. The average molecular weight is 421 g/mol. The smallest absolute Gasteiger partial charge is 0.426 e. The first kappa shape index (κ1) is 23.3. The fraction of sp³-hybridized carbons (Fsp3) is 0.450. The van der Waals surface area contributed by atoms with Gasteiger partial charge in [-0.3, -0.25) is 4.79 Å². The zero-order valence-electron chi connectivity index (χ0n) is 16.8. The summed E-state index contributed by atoms with van der Waals surface area (Å²) in [6.45, 7) is 5.06. The molecule has 7 nitrogen and oxygen atoms in total. The molecule has 0 bridgehead atoms. The van der Waals surface area contributed by atoms with E-state index in [0.717, 1.165) is 10.8 Å². The van der Waals surface area contributed by atoms with E-state index in [-0.39, 0.29) is 10.8 Å². The van der Waals surface area contributed by atoms with E-state index in [1.165, 1.54) is 13.0 Å². The molecular weight excluding hydrogens is 393 g/mol. The van der Waals surface area contributed by atoms with Crippen LogP contribution in [0, 0.1) is 11.8 Å². The Morgan fingerprint density at radius 1 is 1.07 bits per heavy atom. The minimum Gasteiger partial charge on any atom is -0.426 e. The van der Waals surface area contributed by atoms with E-state index in [1.807, 2.05) is 26.0 Å². The van der Waals surface area contributed by atoms with E-state index >= 15 is 0 Å². The van der Waals surface area contributed by atoms with Crippen LogP contribution >= 0.6 is 0 Å². The maximum absolute atomic E-state index is 12.9. The van der Waals surface area contributed by atoms with E-state index < -0.39 is 46.6 Å². The molecule has 158 valence electrons. The molecule has 0 aliphatic carbocycles. The van der Waals surface area contributed by atoms with E-state index in [4.69, 9.17) is 0 Å². The number of nitrogens with one attached hydrogen (secondary N) is 1. The molecule has 0 saturated heterocycles. The number of amides is 1. The van der Waals surface area contributed by atoms with E-state index in [2.05, 4.69) is 5.32 Å². The van der Waals surface area contributed by atoms with Gasteiger partial charge in [-0.15, -0.1) is 0 Å². The highest BCUT2D eigenvalue weighted by molar-refractivity contribution is 7.91. The van der Waals surface area contributed by atoms with Crippen molar-refractivity contribution in [3.63, 3.8) is 0 Å². The second-order valence-electron chi connectivity index (χ2n) is 7.80. The number of hydrogen-bond acceptors (Lipinski definition) is 6. The standard InChI is InChI=1S/C20H28BNO6S/c1-13(2)10-19(21(25)26)22-20(24)18(14(3)23)12-29(27,28)17-9-8-15-6-4-5-7-16(15)11-17/h4-9,11,13-14,18-19,23,25-26H,10,12H2,1-3H3,(H,22,24)/t14-,18+,19+/m1/s1. The molecule has 9 heteroatoms. The van der Waals surface area contributed by atoms with Crippen LogP contribution in [0.2, 0.25) is 0 Å². The minimum absolute atomic E-state index is 0.0653. The van der Waals surface area contributed by atoms with Crippen molar-refractivity contribution in [1.82, 2.24) is 5.32 Å². The number of fused-ring (bicyclic) bond motifs is 1. The number of aliphatic hydroxyl groups is 1. The second kappa shape index (κ2) is 9.71. The van der Waals surface area contributed by atoms with Gasteiger partial charge in [-0.1, -0.05) is 44.2 Å². The zero-order valence-corrected chi connectivity index (χ0v) is 17.6. The third-order valence-electron chi connectivity index (χ3n) is 4.81. The number of sulfone groups is 1. The molecule has 0 unspecified atom stereocenters. The van der Waals surface area contributed by atoms with Gasteiger partial charge in [0.15, 0.2) is 9.84 Å². The first-order chi connectivity index (χ1) is 13.5.